The molecule has 14 rings (SSSR count). The first-order valence-electron chi connectivity index (χ1n) is 27.7. The molecule has 0 amide bonds. The molecule has 352 valence electrons. The number of aromatic nitrogens is 1. The molecule has 0 unspecified atom stereocenters. The second kappa shape index (κ2) is 18.8. The maximum absolute atomic E-state index is 9.09. The van der Waals surface area contributed by atoms with Gasteiger partial charge in [-0.3, -0.25) is 0 Å². The zero-order chi connectivity index (χ0) is 54.0. The molecule has 2 heterocycles. The molecule has 0 aliphatic rings. The van der Waals surface area contributed by atoms with Crippen LogP contribution in [-0.4, -0.2) is 4.57 Å². The summed E-state index contributed by atoms with van der Waals surface area (Å²) in [5.41, 5.74) is 17.7. The fraction of sp³-hybridized carbons (Fsp3) is 0. The summed E-state index contributed by atoms with van der Waals surface area (Å²) in [4.78, 5) is 2.35. The van der Waals surface area contributed by atoms with Crippen LogP contribution in [0.5, 0.6) is 0 Å². The minimum absolute atomic E-state index is 0.120. The third kappa shape index (κ3) is 8.17. The van der Waals surface area contributed by atoms with E-state index < -0.39 is 6.04 Å². The molecule has 0 aliphatic heterocycles. The number of hydrogen-bond donors (Lipinski definition) is 0. The maximum Gasteiger partial charge on any atom is 0.0645 e. The standard InChI is InChI=1S/C72H48N2S/c1-5-18-49(19-6-1)52-32-37-61(38-33-52)73(63-46-57(50-20-7-2-8-21-50)43-58(47-63)51-22-9-3-10-23-51)62-39-34-53(35-40-62)55-42-56(54-36-41-66-65-26-14-16-31-70(65)75-71(66)48-54)45-59(44-55)64-28-17-30-69-72(64)67-27-13-15-29-68(67)74(69)60-24-11-4-12-25-60/h1-48H/i4D,11D,12D,24D,25D. The molecule has 0 N–H and O–H groups in total. The van der Waals surface area contributed by atoms with Gasteiger partial charge in [0.2, 0.25) is 0 Å². The van der Waals surface area contributed by atoms with Gasteiger partial charge < -0.3 is 9.47 Å². The van der Waals surface area contributed by atoms with E-state index >= 15 is 0 Å². The van der Waals surface area contributed by atoms with Crippen molar-refractivity contribution in [2.24, 2.45) is 0 Å². The summed E-state index contributed by atoms with van der Waals surface area (Å²) in [5.74, 6) is 0. The Kier molecular flexibility index (Phi) is 9.80. The number of hydrogen-bond acceptors (Lipinski definition) is 2. The second-order valence-electron chi connectivity index (χ2n) is 18.9. The minimum atomic E-state index is -0.420. The van der Waals surface area contributed by atoms with E-state index in [4.69, 9.17) is 6.85 Å². The van der Waals surface area contributed by atoms with Gasteiger partial charge in [0, 0.05) is 53.7 Å². The average molecular weight is 978 g/mol. The molecule has 75 heavy (non-hydrogen) atoms. The van der Waals surface area contributed by atoms with Crippen LogP contribution in [0.15, 0.2) is 291 Å². The fourth-order valence-corrected chi connectivity index (χ4v) is 12.0. The Morgan fingerprint density at radius 2 is 0.773 bits per heavy atom. The van der Waals surface area contributed by atoms with Crippen molar-refractivity contribution in [1.29, 1.82) is 0 Å². The molecule has 2 nitrogen and oxygen atoms in total. The Labute approximate surface area is 448 Å². The number of rotatable bonds is 10. The normalized spacial score (nSPS) is 12.4. The van der Waals surface area contributed by atoms with Crippen molar-refractivity contribution in [1.82, 2.24) is 4.57 Å². The zero-order valence-corrected chi connectivity index (χ0v) is 41.4. The maximum atomic E-state index is 9.09. The first-order valence-corrected chi connectivity index (χ1v) is 26.0. The lowest BCUT2D eigenvalue weighted by Gasteiger charge is -2.27. The molecule has 14 aromatic rings. The summed E-state index contributed by atoms with van der Waals surface area (Å²) < 4.78 is 48.2. The predicted octanol–water partition coefficient (Wildman–Crippen LogP) is 20.6. The highest BCUT2D eigenvalue weighted by atomic mass is 32.1. The van der Waals surface area contributed by atoms with Crippen LogP contribution in [0.25, 0.3) is 114 Å². The highest BCUT2D eigenvalue weighted by Crippen LogP contribution is 2.45. The lowest BCUT2D eigenvalue weighted by molar-refractivity contribution is 1.18. The molecule has 3 heteroatoms. The van der Waals surface area contributed by atoms with Gasteiger partial charge >= 0.3 is 0 Å². The van der Waals surface area contributed by atoms with Crippen LogP contribution in [-0.2, 0) is 0 Å². The lowest BCUT2D eigenvalue weighted by atomic mass is 9.91. The molecule has 0 spiro atoms. The van der Waals surface area contributed by atoms with E-state index in [2.05, 4.69) is 229 Å². The van der Waals surface area contributed by atoms with Crippen molar-refractivity contribution in [3.8, 4) is 72.4 Å². The van der Waals surface area contributed by atoms with E-state index in [1.54, 1.807) is 11.3 Å². The summed E-state index contributed by atoms with van der Waals surface area (Å²) in [6, 6.07) is 90.9. The average Bonchev–Trinajstić information content (AvgIpc) is 4.19. The molecule has 0 atom stereocenters. The molecule has 12 aromatic carbocycles. The van der Waals surface area contributed by atoms with Gasteiger partial charge in [-0.05, 0) is 164 Å². The van der Waals surface area contributed by atoms with Gasteiger partial charge in [0.15, 0.2) is 0 Å². The van der Waals surface area contributed by atoms with E-state index in [9.17, 15) is 0 Å². The summed E-state index contributed by atoms with van der Waals surface area (Å²) in [6.45, 7) is 0. The SMILES string of the molecule is [2H]c1c([2H])c([2H])c(-n2c3ccccc3c3c(-c4cc(-c5ccc(N(c6ccc(-c7ccccc7)cc6)c6cc(-c7ccccc7)cc(-c7ccccc7)c6)cc5)cc(-c5ccc6c(c5)sc5ccccc56)c4)cccc32)c([2H])c1[2H]. The highest BCUT2D eigenvalue weighted by molar-refractivity contribution is 7.25. The van der Waals surface area contributed by atoms with Crippen molar-refractivity contribution in [3.63, 3.8) is 0 Å². The van der Waals surface area contributed by atoms with E-state index in [1.807, 2.05) is 41.0 Å². The van der Waals surface area contributed by atoms with Gasteiger partial charge in [0.05, 0.1) is 17.9 Å². The predicted molar refractivity (Wildman–Crippen MR) is 321 cm³/mol. The third-order valence-electron chi connectivity index (χ3n) is 14.4. The summed E-state index contributed by atoms with van der Waals surface area (Å²) in [6.07, 6.45) is 0. The molecular formula is C72H48N2S. The van der Waals surface area contributed by atoms with E-state index in [0.29, 0.717) is 0 Å². The Hall–Kier alpha value is -9.54. The van der Waals surface area contributed by atoms with E-state index in [0.717, 1.165) is 106 Å². The number of para-hydroxylation sites is 2. The Morgan fingerprint density at radius 1 is 0.307 bits per heavy atom. The van der Waals surface area contributed by atoms with Crippen LogP contribution in [0.3, 0.4) is 0 Å². The molecular weight excluding hydrogens is 925 g/mol. The summed E-state index contributed by atoms with van der Waals surface area (Å²) >= 11 is 1.80. The molecule has 0 radical (unpaired) electrons. The number of nitrogens with zero attached hydrogens (tertiary/aromatic N) is 2. The van der Waals surface area contributed by atoms with Gasteiger partial charge in [-0.2, -0.15) is 0 Å². The quantitative estimate of drug-likeness (QED) is 0.133. The van der Waals surface area contributed by atoms with Crippen molar-refractivity contribution < 1.29 is 6.85 Å². The number of benzene rings is 12. The van der Waals surface area contributed by atoms with E-state index in [1.165, 1.54) is 20.2 Å². The van der Waals surface area contributed by atoms with Crippen LogP contribution in [0.4, 0.5) is 17.1 Å². The third-order valence-corrected chi connectivity index (χ3v) is 15.6. The van der Waals surface area contributed by atoms with Crippen molar-refractivity contribution in [3.05, 3.63) is 291 Å². The Morgan fingerprint density at radius 3 is 1.41 bits per heavy atom. The first-order chi connectivity index (χ1) is 39.2. The van der Waals surface area contributed by atoms with Crippen LogP contribution >= 0.6 is 11.3 Å². The van der Waals surface area contributed by atoms with Crippen LogP contribution in [0, 0.1) is 0 Å². The zero-order valence-electron chi connectivity index (χ0n) is 45.6. The van der Waals surface area contributed by atoms with Crippen LogP contribution < -0.4 is 4.90 Å². The Bertz CT molecular complexity index is 4600. The van der Waals surface area contributed by atoms with E-state index in [-0.39, 0.29) is 29.9 Å². The first kappa shape index (κ1) is 39.0. The summed E-state index contributed by atoms with van der Waals surface area (Å²) in [7, 11) is 0. The van der Waals surface area contributed by atoms with Gasteiger partial charge in [-0.25, -0.2) is 0 Å². The minimum Gasteiger partial charge on any atom is -0.310 e. The van der Waals surface area contributed by atoms with Gasteiger partial charge in [0.25, 0.3) is 0 Å². The Balaban J connectivity index is 0.955. The largest absolute Gasteiger partial charge is 0.310 e. The number of fused-ring (bicyclic) bond motifs is 6. The topological polar surface area (TPSA) is 8.17 Å². The van der Waals surface area contributed by atoms with Gasteiger partial charge in [-0.1, -0.05) is 194 Å². The monoisotopic (exact) mass is 977 g/mol. The van der Waals surface area contributed by atoms with Crippen LogP contribution in [0.1, 0.15) is 6.85 Å². The lowest BCUT2D eigenvalue weighted by Crippen LogP contribution is -2.10. The molecule has 0 bridgehead atoms. The number of anilines is 3. The molecule has 0 saturated heterocycles. The summed E-state index contributed by atoms with van der Waals surface area (Å²) in [5, 5.41) is 4.32. The molecule has 0 aliphatic carbocycles. The fourth-order valence-electron chi connectivity index (χ4n) is 10.9. The molecule has 0 fully saturated rings. The second-order valence-corrected chi connectivity index (χ2v) is 20.0. The van der Waals surface area contributed by atoms with Gasteiger partial charge in [0.1, 0.15) is 0 Å². The number of thiophene rings is 1. The van der Waals surface area contributed by atoms with Crippen LogP contribution in [0.2, 0.25) is 0 Å². The van der Waals surface area contributed by atoms with Crippen molar-refractivity contribution in [2.45, 2.75) is 0 Å². The van der Waals surface area contributed by atoms with Crippen molar-refractivity contribution in [2.75, 3.05) is 4.90 Å². The van der Waals surface area contributed by atoms with Crippen molar-refractivity contribution >= 4 is 70.4 Å². The highest BCUT2D eigenvalue weighted by Gasteiger charge is 2.20. The smallest absolute Gasteiger partial charge is 0.0645 e. The van der Waals surface area contributed by atoms with Gasteiger partial charge in [-0.15, -0.1) is 11.3 Å². The molecule has 2 aromatic heterocycles. The molecule has 0 saturated carbocycles.